The van der Waals surface area contributed by atoms with Crippen molar-refractivity contribution in [1.82, 2.24) is 0 Å². The Balaban J connectivity index is 2.92. The van der Waals surface area contributed by atoms with Crippen LogP contribution in [-0.4, -0.2) is 51.1 Å². The Morgan fingerprint density at radius 1 is 1.33 bits per heavy atom. The quantitative estimate of drug-likeness (QED) is 0.354. The SMILES string of the molecule is O=C1C(CO)=C[C@@H](O)[C@@H](O)[C@@H]1O. The van der Waals surface area contributed by atoms with Crippen molar-refractivity contribution in [1.29, 1.82) is 0 Å². The lowest BCUT2D eigenvalue weighted by molar-refractivity contribution is -0.135. The molecule has 0 amide bonds. The number of carbonyl (C=O) groups is 1. The molecule has 0 aromatic rings. The van der Waals surface area contributed by atoms with Crippen LogP contribution in [0.5, 0.6) is 0 Å². The number of carbonyl (C=O) groups excluding carboxylic acids is 1. The average Bonchev–Trinajstić information content (AvgIpc) is 2.08. The molecule has 0 aliphatic heterocycles. The highest BCUT2D eigenvalue weighted by molar-refractivity contribution is 6.00. The van der Waals surface area contributed by atoms with Crippen LogP contribution < -0.4 is 0 Å². The van der Waals surface area contributed by atoms with E-state index in [4.69, 9.17) is 20.4 Å². The van der Waals surface area contributed by atoms with Gasteiger partial charge in [-0.2, -0.15) is 0 Å². The molecule has 0 saturated heterocycles. The van der Waals surface area contributed by atoms with Crippen LogP contribution in [0, 0.1) is 0 Å². The minimum absolute atomic E-state index is 0.0692. The van der Waals surface area contributed by atoms with Gasteiger partial charge in [-0.3, -0.25) is 4.79 Å². The smallest absolute Gasteiger partial charge is 0.192 e. The van der Waals surface area contributed by atoms with E-state index in [2.05, 4.69) is 0 Å². The Bertz CT molecular complexity index is 222. The predicted octanol–water partition coefficient (Wildman–Crippen LogP) is -2.43. The van der Waals surface area contributed by atoms with Gasteiger partial charge in [0.1, 0.15) is 18.3 Å². The topological polar surface area (TPSA) is 98.0 Å². The lowest BCUT2D eigenvalue weighted by Gasteiger charge is -2.25. The molecule has 5 heteroatoms. The normalized spacial score (nSPS) is 36.5. The van der Waals surface area contributed by atoms with E-state index in [0.29, 0.717) is 0 Å². The summed E-state index contributed by atoms with van der Waals surface area (Å²) in [4.78, 5) is 11.0. The van der Waals surface area contributed by atoms with Crippen LogP contribution in [0.2, 0.25) is 0 Å². The molecular weight excluding hydrogens is 164 g/mol. The largest absolute Gasteiger partial charge is 0.392 e. The van der Waals surface area contributed by atoms with Crippen LogP contribution in [0.4, 0.5) is 0 Å². The van der Waals surface area contributed by atoms with E-state index >= 15 is 0 Å². The van der Waals surface area contributed by atoms with Crippen molar-refractivity contribution in [2.24, 2.45) is 0 Å². The molecule has 0 radical (unpaired) electrons. The van der Waals surface area contributed by atoms with Crippen molar-refractivity contribution in [3.05, 3.63) is 11.6 Å². The first-order chi connectivity index (χ1) is 5.57. The molecule has 0 aromatic heterocycles. The van der Waals surface area contributed by atoms with Gasteiger partial charge < -0.3 is 20.4 Å². The minimum Gasteiger partial charge on any atom is -0.392 e. The molecule has 1 aliphatic carbocycles. The Labute approximate surface area is 68.6 Å². The van der Waals surface area contributed by atoms with Crippen LogP contribution >= 0.6 is 0 Å². The first-order valence-corrected chi connectivity index (χ1v) is 3.48. The first kappa shape index (κ1) is 9.34. The highest BCUT2D eigenvalue weighted by atomic mass is 16.4. The van der Waals surface area contributed by atoms with Crippen molar-refractivity contribution < 1.29 is 25.2 Å². The summed E-state index contributed by atoms with van der Waals surface area (Å²) in [6.45, 7) is -0.542. The number of hydrogen-bond donors (Lipinski definition) is 4. The summed E-state index contributed by atoms with van der Waals surface area (Å²) in [5.74, 6) is -0.740. The molecule has 5 nitrogen and oxygen atoms in total. The summed E-state index contributed by atoms with van der Waals surface area (Å²) in [6, 6.07) is 0. The second-order valence-electron chi connectivity index (χ2n) is 2.64. The van der Waals surface area contributed by atoms with E-state index in [9.17, 15) is 4.79 Å². The summed E-state index contributed by atoms with van der Waals surface area (Å²) in [7, 11) is 0. The molecule has 68 valence electrons. The zero-order chi connectivity index (χ0) is 9.30. The number of Topliss-reactive ketones (excluding diaryl/α,β-unsaturated/α-hetero) is 1. The van der Waals surface area contributed by atoms with Crippen LogP contribution in [0.1, 0.15) is 0 Å². The molecule has 1 rings (SSSR count). The maximum absolute atomic E-state index is 11.0. The Kier molecular flexibility index (Phi) is 2.58. The van der Waals surface area contributed by atoms with E-state index < -0.39 is 30.7 Å². The highest BCUT2D eigenvalue weighted by Gasteiger charge is 2.35. The maximum Gasteiger partial charge on any atom is 0.192 e. The fraction of sp³-hybridized carbons (Fsp3) is 0.571. The second-order valence-corrected chi connectivity index (χ2v) is 2.64. The monoisotopic (exact) mass is 174 g/mol. The molecule has 0 aromatic carbocycles. The minimum atomic E-state index is -1.63. The van der Waals surface area contributed by atoms with Crippen LogP contribution in [0.25, 0.3) is 0 Å². The molecule has 0 unspecified atom stereocenters. The molecule has 0 bridgehead atoms. The summed E-state index contributed by atoms with van der Waals surface area (Å²) in [5, 5.41) is 35.6. The van der Waals surface area contributed by atoms with E-state index in [1.807, 2.05) is 0 Å². The zero-order valence-corrected chi connectivity index (χ0v) is 6.21. The number of rotatable bonds is 1. The Hall–Kier alpha value is -0.750. The lowest BCUT2D eigenvalue weighted by atomic mass is 9.91. The molecule has 4 N–H and O–H groups in total. The third-order valence-corrected chi connectivity index (χ3v) is 1.80. The van der Waals surface area contributed by atoms with Crippen molar-refractivity contribution in [2.45, 2.75) is 18.3 Å². The molecule has 0 heterocycles. The van der Waals surface area contributed by atoms with Crippen molar-refractivity contribution >= 4 is 5.78 Å². The number of ketones is 1. The van der Waals surface area contributed by atoms with Gasteiger partial charge in [0.05, 0.1) is 6.61 Å². The fourth-order valence-corrected chi connectivity index (χ4v) is 1.05. The van der Waals surface area contributed by atoms with Gasteiger partial charge >= 0.3 is 0 Å². The Morgan fingerprint density at radius 3 is 2.42 bits per heavy atom. The van der Waals surface area contributed by atoms with Gasteiger partial charge in [0, 0.05) is 5.57 Å². The van der Waals surface area contributed by atoms with Crippen molar-refractivity contribution in [2.75, 3.05) is 6.61 Å². The summed E-state index contributed by atoms with van der Waals surface area (Å²) >= 11 is 0. The van der Waals surface area contributed by atoms with Gasteiger partial charge in [-0.1, -0.05) is 0 Å². The molecule has 12 heavy (non-hydrogen) atoms. The molecule has 0 saturated carbocycles. The number of hydrogen-bond acceptors (Lipinski definition) is 5. The van der Waals surface area contributed by atoms with Gasteiger partial charge in [0.2, 0.25) is 0 Å². The van der Waals surface area contributed by atoms with Gasteiger partial charge in [-0.15, -0.1) is 0 Å². The predicted molar refractivity (Wildman–Crippen MR) is 38.2 cm³/mol. The molecule has 0 fully saturated rings. The third kappa shape index (κ3) is 1.39. The molecular formula is C7H10O5. The van der Waals surface area contributed by atoms with E-state index in [1.54, 1.807) is 0 Å². The van der Waals surface area contributed by atoms with Gasteiger partial charge in [0.15, 0.2) is 5.78 Å². The van der Waals surface area contributed by atoms with Gasteiger partial charge in [0.25, 0.3) is 0 Å². The number of aliphatic hydroxyl groups is 4. The van der Waals surface area contributed by atoms with Crippen LogP contribution in [0.15, 0.2) is 11.6 Å². The van der Waals surface area contributed by atoms with E-state index in [0.717, 1.165) is 6.08 Å². The molecule has 3 atom stereocenters. The standard InChI is InChI=1S/C7H10O5/c8-2-3-1-4(9)6(11)7(12)5(3)10/h1,4,6-9,11-12H,2H2/t4-,6-,7-/m1/s1. The Morgan fingerprint density at radius 2 is 1.92 bits per heavy atom. The van der Waals surface area contributed by atoms with E-state index in [-0.39, 0.29) is 5.57 Å². The molecule has 1 aliphatic rings. The van der Waals surface area contributed by atoms with E-state index in [1.165, 1.54) is 0 Å². The second kappa shape index (κ2) is 3.32. The maximum atomic E-state index is 11.0. The van der Waals surface area contributed by atoms with Gasteiger partial charge in [-0.25, -0.2) is 0 Å². The average molecular weight is 174 g/mol. The van der Waals surface area contributed by atoms with Gasteiger partial charge in [-0.05, 0) is 6.08 Å². The highest BCUT2D eigenvalue weighted by Crippen LogP contribution is 2.15. The summed E-state index contributed by atoms with van der Waals surface area (Å²) in [6.07, 6.45) is -3.38. The number of aliphatic hydroxyl groups excluding tert-OH is 4. The van der Waals surface area contributed by atoms with Crippen molar-refractivity contribution in [3.8, 4) is 0 Å². The summed E-state index contributed by atoms with van der Waals surface area (Å²) in [5.41, 5.74) is -0.0692. The first-order valence-electron chi connectivity index (χ1n) is 3.48. The van der Waals surface area contributed by atoms with Crippen molar-refractivity contribution in [3.63, 3.8) is 0 Å². The van der Waals surface area contributed by atoms with Crippen LogP contribution in [-0.2, 0) is 4.79 Å². The lowest BCUT2D eigenvalue weighted by Crippen LogP contribution is -2.46. The third-order valence-electron chi connectivity index (χ3n) is 1.80. The zero-order valence-electron chi connectivity index (χ0n) is 6.21. The molecule has 0 spiro atoms. The van der Waals surface area contributed by atoms with Crippen LogP contribution in [0.3, 0.4) is 0 Å². The fourth-order valence-electron chi connectivity index (χ4n) is 1.05. The summed E-state index contributed by atoms with van der Waals surface area (Å²) < 4.78 is 0.